The second-order valence-corrected chi connectivity index (χ2v) is 2.82. The van der Waals surface area contributed by atoms with E-state index in [-0.39, 0.29) is 12.4 Å². The van der Waals surface area contributed by atoms with E-state index in [4.69, 9.17) is 14.2 Å². The zero-order chi connectivity index (χ0) is 8.81. The summed E-state index contributed by atoms with van der Waals surface area (Å²) < 4.78 is 15.8. The van der Waals surface area contributed by atoms with Crippen LogP contribution in [0.2, 0.25) is 0 Å². The SMILES string of the molecule is C=CCO[C@H]1CC[C@@H](OC)OC1. The fourth-order valence-corrected chi connectivity index (χ4v) is 1.22. The smallest absolute Gasteiger partial charge is 0.157 e. The Balaban J connectivity index is 2.12. The first kappa shape index (κ1) is 9.71. The Labute approximate surface area is 73.3 Å². The van der Waals surface area contributed by atoms with E-state index in [2.05, 4.69) is 6.58 Å². The molecule has 1 aliphatic heterocycles. The molecule has 0 radical (unpaired) electrons. The maximum Gasteiger partial charge on any atom is 0.157 e. The summed E-state index contributed by atoms with van der Waals surface area (Å²) in [5.74, 6) is 0. The molecule has 3 heteroatoms. The molecular weight excluding hydrogens is 156 g/mol. The molecule has 0 spiro atoms. The molecule has 1 rings (SSSR count). The van der Waals surface area contributed by atoms with Gasteiger partial charge in [0.25, 0.3) is 0 Å². The Morgan fingerprint density at radius 2 is 2.42 bits per heavy atom. The van der Waals surface area contributed by atoms with Gasteiger partial charge in [-0.05, 0) is 6.42 Å². The van der Waals surface area contributed by atoms with Crippen LogP contribution in [-0.4, -0.2) is 32.7 Å². The molecule has 1 aliphatic rings. The Kier molecular flexibility index (Phi) is 4.29. The van der Waals surface area contributed by atoms with Gasteiger partial charge in [0.15, 0.2) is 6.29 Å². The van der Waals surface area contributed by atoms with Crippen LogP contribution >= 0.6 is 0 Å². The van der Waals surface area contributed by atoms with Crippen LogP contribution < -0.4 is 0 Å². The molecule has 0 amide bonds. The highest BCUT2D eigenvalue weighted by atomic mass is 16.7. The van der Waals surface area contributed by atoms with Crippen molar-refractivity contribution in [2.75, 3.05) is 20.3 Å². The minimum absolute atomic E-state index is 0.0337. The van der Waals surface area contributed by atoms with E-state index >= 15 is 0 Å². The highest BCUT2D eigenvalue weighted by Gasteiger charge is 2.20. The summed E-state index contributed by atoms with van der Waals surface area (Å²) in [5.41, 5.74) is 0. The van der Waals surface area contributed by atoms with E-state index in [1.165, 1.54) is 0 Å². The van der Waals surface area contributed by atoms with Crippen LogP contribution in [0.5, 0.6) is 0 Å². The quantitative estimate of drug-likeness (QED) is 0.599. The molecule has 1 fully saturated rings. The fraction of sp³-hybridized carbons (Fsp3) is 0.778. The Morgan fingerprint density at radius 1 is 1.58 bits per heavy atom. The van der Waals surface area contributed by atoms with E-state index in [1.807, 2.05) is 0 Å². The van der Waals surface area contributed by atoms with Gasteiger partial charge in [-0.25, -0.2) is 0 Å². The van der Waals surface area contributed by atoms with Crippen molar-refractivity contribution in [1.82, 2.24) is 0 Å². The highest BCUT2D eigenvalue weighted by Crippen LogP contribution is 2.16. The third kappa shape index (κ3) is 2.93. The first-order chi connectivity index (χ1) is 5.86. The van der Waals surface area contributed by atoms with Gasteiger partial charge in [-0.1, -0.05) is 6.08 Å². The van der Waals surface area contributed by atoms with Crippen molar-refractivity contribution in [2.45, 2.75) is 25.2 Å². The largest absolute Gasteiger partial charge is 0.372 e. The molecular formula is C9H16O3. The van der Waals surface area contributed by atoms with Crippen LogP contribution in [0.3, 0.4) is 0 Å². The van der Waals surface area contributed by atoms with Crippen molar-refractivity contribution < 1.29 is 14.2 Å². The van der Waals surface area contributed by atoms with Crippen molar-refractivity contribution in [3.63, 3.8) is 0 Å². The zero-order valence-corrected chi connectivity index (χ0v) is 7.49. The maximum absolute atomic E-state index is 5.43. The predicted molar refractivity (Wildman–Crippen MR) is 45.9 cm³/mol. The molecule has 12 heavy (non-hydrogen) atoms. The normalized spacial score (nSPS) is 30.1. The summed E-state index contributed by atoms with van der Waals surface area (Å²) in [5, 5.41) is 0. The van der Waals surface area contributed by atoms with Crippen molar-refractivity contribution >= 4 is 0 Å². The van der Waals surface area contributed by atoms with Crippen molar-refractivity contribution in [3.05, 3.63) is 12.7 Å². The summed E-state index contributed by atoms with van der Waals surface area (Å²) in [6, 6.07) is 0. The minimum Gasteiger partial charge on any atom is -0.372 e. The lowest BCUT2D eigenvalue weighted by Gasteiger charge is -2.27. The van der Waals surface area contributed by atoms with Gasteiger partial charge in [-0.3, -0.25) is 0 Å². The molecule has 3 nitrogen and oxygen atoms in total. The summed E-state index contributed by atoms with van der Waals surface area (Å²) in [6.45, 7) is 4.82. The Hall–Kier alpha value is -0.380. The van der Waals surface area contributed by atoms with E-state index in [9.17, 15) is 0 Å². The lowest BCUT2D eigenvalue weighted by molar-refractivity contribution is -0.180. The van der Waals surface area contributed by atoms with Gasteiger partial charge in [-0.15, -0.1) is 6.58 Å². The van der Waals surface area contributed by atoms with Crippen LogP contribution in [0.25, 0.3) is 0 Å². The summed E-state index contributed by atoms with van der Waals surface area (Å²) >= 11 is 0. The molecule has 2 atom stereocenters. The molecule has 0 N–H and O–H groups in total. The molecule has 0 aromatic carbocycles. The molecule has 0 aromatic heterocycles. The second kappa shape index (κ2) is 5.30. The van der Waals surface area contributed by atoms with Gasteiger partial charge in [0.2, 0.25) is 0 Å². The lowest BCUT2D eigenvalue weighted by atomic mass is 10.1. The van der Waals surface area contributed by atoms with Gasteiger partial charge < -0.3 is 14.2 Å². The average Bonchev–Trinajstić information content (AvgIpc) is 2.15. The first-order valence-corrected chi connectivity index (χ1v) is 4.23. The lowest BCUT2D eigenvalue weighted by Crippen LogP contribution is -2.32. The third-order valence-electron chi connectivity index (χ3n) is 1.91. The Morgan fingerprint density at radius 3 is 2.92 bits per heavy atom. The number of hydrogen-bond acceptors (Lipinski definition) is 3. The van der Waals surface area contributed by atoms with Gasteiger partial charge in [0, 0.05) is 13.5 Å². The summed E-state index contributed by atoms with van der Waals surface area (Å²) in [6.07, 6.45) is 3.86. The van der Waals surface area contributed by atoms with Crippen LogP contribution in [-0.2, 0) is 14.2 Å². The first-order valence-electron chi connectivity index (χ1n) is 4.23. The number of hydrogen-bond donors (Lipinski definition) is 0. The van der Waals surface area contributed by atoms with E-state index in [0.717, 1.165) is 12.8 Å². The topological polar surface area (TPSA) is 27.7 Å². The highest BCUT2D eigenvalue weighted by molar-refractivity contribution is 4.69. The molecule has 70 valence electrons. The Bertz CT molecular complexity index is 128. The molecule has 0 unspecified atom stereocenters. The van der Waals surface area contributed by atoms with Gasteiger partial charge in [0.1, 0.15) is 0 Å². The molecule has 0 bridgehead atoms. The summed E-state index contributed by atoms with van der Waals surface area (Å²) in [4.78, 5) is 0. The fourth-order valence-electron chi connectivity index (χ4n) is 1.22. The number of ether oxygens (including phenoxy) is 3. The standard InChI is InChI=1S/C9H16O3/c1-3-6-11-8-4-5-9(10-2)12-7-8/h3,8-9H,1,4-7H2,2H3/t8-,9-/m0/s1. The number of methoxy groups -OCH3 is 1. The van der Waals surface area contributed by atoms with Crippen LogP contribution in [0.1, 0.15) is 12.8 Å². The molecule has 0 saturated carbocycles. The number of rotatable bonds is 4. The van der Waals surface area contributed by atoms with Gasteiger partial charge in [-0.2, -0.15) is 0 Å². The van der Waals surface area contributed by atoms with Gasteiger partial charge in [0.05, 0.1) is 19.3 Å². The second-order valence-electron chi connectivity index (χ2n) is 2.82. The van der Waals surface area contributed by atoms with Crippen LogP contribution in [0.4, 0.5) is 0 Å². The monoisotopic (exact) mass is 172 g/mol. The maximum atomic E-state index is 5.43. The molecule has 1 heterocycles. The molecule has 0 aliphatic carbocycles. The zero-order valence-electron chi connectivity index (χ0n) is 7.49. The molecule has 0 aromatic rings. The molecule has 1 saturated heterocycles. The third-order valence-corrected chi connectivity index (χ3v) is 1.91. The van der Waals surface area contributed by atoms with E-state index in [0.29, 0.717) is 13.2 Å². The van der Waals surface area contributed by atoms with Crippen LogP contribution in [0.15, 0.2) is 12.7 Å². The minimum atomic E-state index is -0.0337. The predicted octanol–water partition coefficient (Wildman–Crippen LogP) is 1.34. The van der Waals surface area contributed by atoms with Crippen molar-refractivity contribution in [2.24, 2.45) is 0 Å². The summed E-state index contributed by atoms with van der Waals surface area (Å²) in [7, 11) is 1.66. The van der Waals surface area contributed by atoms with Crippen molar-refractivity contribution in [3.8, 4) is 0 Å². The van der Waals surface area contributed by atoms with Gasteiger partial charge >= 0.3 is 0 Å². The van der Waals surface area contributed by atoms with E-state index < -0.39 is 0 Å². The average molecular weight is 172 g/mol. The van der Waals surface area contributed by atoms with Crippen molar-refractivity contribution in [1.29, 1.82) is 0 Å². The van der Waals surface area contributed by atoms with Crippen LogP contribution in [0, 0.1) is 0 Å². The van der Waals surface area contributed by atoms with E-state index in [1.54, 1.807) is 13.2 Å².